The van der Waals surface area contributed by atoms with E-state index in [4.69, 9.17) is 16.0 Å². The van der Waals surface area contributed by atoms with Crippen LogP contribution in [0.25, 0.3) is 0 Å². The second kappa shape index (κ2) is 5.98. The zero-order chi connectivity index (χ0) is 14.8. The largest absolute Gasteiger partial charge is 0.411 e. The van der Waals surface area contributed by atoms with Crippen molar-refractivity contribution in [3.8, 4) is 0 Å². The first-order valence-electron chi connectivity index (χ1n) is 6.76. The summed E-state index contributed by atoms with van der Waals surface area (Å²) in [5.74, 6) is 0.496. The Bertz CT molecular complexity index is 363. The summed E-state index contributed by atoms with van der Waals surface area (Å²) in [5.41, 5.74) is 0.942. The molecular formula is C14H26ClNO2Si. The quantitative estimate of drug-likeness (QED) is 0.480. The summed E-state index contributed by atoms with van der Waals surface area (Å²) < 4.78 is 6.36. The highest BCUT2D eigenvalue weighted by molar-refractivity contribution is 6.74. The molecule has 0 bridgehead atoms. The van der Waals surface area contributed by atoms with Gasteiger partial charge in [0.05, 0.1) is 18.6 Å². The molecule has 5 heteroatoms. The summed E-state index contributed by atoms with van der Waals surface area (Å²) in [6.45, 7) is 15.0. The number of hydrogen-bond donors (Lipinski definition) is 1. The second-order valence-corrected chi connectivity index (χ2v) is 11.9. The minimum absolute atomic E-state index is 0.0212. The zero-order valence-electron chi connectivity index (χ0n) is 12.7. The topological polar surface area (TPSA) is 38.3 Å². The van der Waals surface area contributed by atoms with Crippen molar-refractivity contribution in [2.45, 2.75) is 63.9 Å². The Kier molecular flexibility index (Phi) is 5.26. The number of hydrogen-bond acceptors (Lipinski definition) is 2. The number of amides is 1. The van der Waals surface area contributed by atoms with E-state index in [2.05, 4.69) is 45.8 Å². The lowest BCUT2D eigenvalue weighted by Gasteiger charge is -2.39. The molecular weight excluding hydrogens is 278 g/mol. The highest BCUT2D eigenvalue weighted by atomic mass is 35.5. The van der Waals surface area contributed by atoms with Crippen molar-refractivity contribution in [2.24, 2.45) is 0 Å². The minimum Gasteiger partial charge on any atom is -0.411 e. The maximum Gasteiger partial charge on any atom is 0.222 e. The van der Waals surface area contributed by atoms with Crippen molar-refractivity contribution in [3.63, 3.8) is 0 Å². The SMILES string of the molecule is C=C(CCl)C[C@@H]1NC(=O)C[C@@H]1O[Si](C)(C)C(C)(C)C. The molecule has 1 fully saturated rings. The molecule has 0 radical (unpaired) electrons. The molecule has 1 N–H and O–H groups in total. The molecule has 19 heavy (non-hydrogen) atoms. The molecule has 1 saturated heterocycles. The molecule has 0 aromatic heterocycles. The third kappa shape index (κ3) is 4.33. The molecule has 1 rings (SSSR count). The van der Waals surface area contributed by atoms with Crippen LogP contribution >= 0.6 is 11.6 Å². The van der Waals surface area contributed by atoms with Crippen molar-refractivity contribution >= 4 is 25.8 Å². The maximum atomic E-state index is 11.6. The van der Waals surface area contributed by atoms with Crippen LogP contribution in [0.15, 0.2) is 12.2 Å². The molecule has 1 aliphatic heterocycles. The third-order valence-corrected chi connectivity index (χ3v) is 9.01. The monoisotopic (exact) mass is 303 g/mol. The smallest absolute Gasteiger partial charge is 0.222 e. The Morgan fingerprint density at radius 1 is 1.53 bits per heavy atom. The van der Waals surface area contributed by atoms with Gasteiger partial charge in [-0.2, -0.15) is 0 Å². The van der Waals surface area contributed by atoms with Gasteiger partial charge in [-0.1, -0.05) is 32.9 Å². The Hall–Kier alpha value is -0.323. The van der Waals surface area contributed by atoms with Crippen LogP contribution in [-0.4, -0.2) is 32.3 Å². The minimum atomic E-state index is -1.86. The van der Waals surface area contributed by atoms with E-state index in [-0.39, 0.29) is 23.1 Å². The van der Waals surface area contributed by atoms with Crippen molar-refractivity contribution in [1.29, 1.82) is 0 Å². The van der Waals surface area contributed by atoms with Gasteiger partial charge in [-0.25, -0.2) is 0 Å². The number of halogens is 1. The van der Waals surface area contributed by atoms with Crippen LogP contribution in [0.3, 0.4) is 0 Å². The molecule has 1 amide bonds. The Labute approximate surface area is 122 Å². The van der Waals surface area contributed by atoms with Crippen LogP contribution in [0, 0.1) is 0 Å². The van der Waals surface area contributed by atoms with Gasteiger partial charge in [0, 0.05) is 5.88 Å². The Morgan fingerprint density at radius 2 is 2.11 bits per heavy atom. The van der Waals surface area contributed by atoms with Gasteiger partial charge in [-0.3, -0.25) is 4.79 Å². The zero-order valence-corrected chi connectivity index (χ0v) is 14.4. The van der Waals surface area contributed by atoms with E-state index in [9.17, 15) is 4.79 Å². The van der Waals surface area contributed by atoms with Gasteiger partial charge in [0.1, 0.15) is 0 Å². The summed E-state index contributed by atoms with van der Waals surface area (Å²) in [6, 6.07) is 0.0212. The van der Waals surface area contributed by atoms with Gasteiger partial charge in [0.2, 0.25) is 5.91 Å². The maximum absolute atomic E-state index is 11.6. The van der Waals surface area contributed by atoms with E-state index < -0.39 is 8.32 Å². The van der Waals surface area contributed by atoms with Crippen molar-refractivity contribution in [2.75, 3.05) is 5.88 Å². The molecule has 0 spiro atoms. The van der Waals surface area contributed by atoms with E-state index in [0.29, 0.717) is 18.7 Å². The summed E-state index contributed by atoms with van der Waals surface area (Å²) in [4.78, 5) is 11.6. The van der Waals surface area contributed by atoms with Crippen LogP contribution < -0.4 is 5.32 Å². The molecule has 2 atom stereocenters. The first kappa shape index (κ1) is 16.7. The summed E-state index contributed by atoms with van der Waals surface area (Å²) in [6.07, 6.45) is 1.11. The lowest BCUT2D eigenvalue weighted by molar-refractivity contribution is -0.119. The summed E-state index contributed by atoms with van der Waals surface area (Å²) in [5, 5.41) is 3.13. The summed E-state index contributed by atoms with van der Waals surface area (Å²) in [7, 11) is -1.86. The van der Waals surface area contributed by atoms with Gasteiger partial charge < -0.3 is 9.74 Å². The molecule has 3 nitrogen and oxygen atoms in total. The standard InChI is InChI=1S/C14H26ClNO2Si/c1-10(9-15)7-11-12(8-13(17)16-11)18-19(5,6)14(2,3)4/h11-12H,1,7-9H2,2-6H3,(H,16,17)/t11-,12-/m0/s1. The van der Waals surface area contributed by atoms with E-state index in [0.717, 1.165) is 5.57 Å². The average molecular weight is 304 g/mol. The number of carbonyl (C=O) groups is 1. The van der Waals surface area contributed by atoms with Gasteiger partial charge in [0.15, 0.2) is 8.32 Å². The van der Waals surface area contributed by atoms with E-state index in [1.165, 1.54) is 0 Å². The average Bonchev–Trinajstić information content (AvgIpc) is 2.56. The molecule has 0 saturated carbocycles. The fraction of sp³-hybridized carbons (Fsp3) is 0.786. The van der Waals surface area contributed by atoms with Crippen molar-refractivity contribution < 1.29 is 9.22 Å². The molecule has 0 aromatic carbocycles. The lowest BCUT2D eigenvalue weighted by Crippen LogP contribution is -2.47. The van der Waals surface area contributed by atoms with Crippen LogP contribution in [0.1, 0.15) is 33.6 Å². The number of carbonyl (C=O) groups excluding carboxylic acids is 1. The summed E-state index contributed by atoms with van der Waals surface area (Å²) >= 11 is 5.78. The first-order chi connectivity index (χ1) is 8.56. The van der Waals surface area contributed by atoms with E-state index in [1.807, 2.05) is 0 Å². The Morgan fingerprint density at radius 3 is 2.58 bits per heavy atom. The van der Waals surface area contributed by atoms with Gasteiger partial charge in [-0.05, 0) is 24.6 Å². The molecule has 0 aromatic rings. The number of alkyl halides is 1. The van der Waals surface area contributed by atoms with Crippen LogP contribution in [-0.2, 0) is 9.22 Å². The predicted molar refractivity (Wildman–Crippen MR) is 83.1 cm³/mol. The van der Waals surface area contributed by atoms with Crippen molar-refractivity contribution in [1.82, 2.24) is 5.32 Å². The van der Waals surface area contributed by atoms with Crippen LogP contribution in [0.2, 0.25) is 18.1 Å². The van der Waals surface area contributed by atoms with Crippen molar-refractivity contribution in [3.05, 3.63) is 12.2 Å². The molecule has 0 aliphatic carbocycles. The normalized spacial score (nSPS) is 24.4. The predicted octanol–water partition coefficient (Wildman–Crippen LogP) is 3.45. The van der Waals surface area contributed by atoms with E-state index >= 15 is 0 Å². The van der Waals surface area contributed by atoms with Crippen LogP contribution in [0.5, 0.6) is 0 Å². The van der Waals surface area contributed by atoms with Gasteiger partial charge in [0.25, 0.3) is 0 Å². The number of nitrogens with one attached hydrogen (secondary N) is 1. The van der Waals surface area contributed by atoms with E-state index in [1.54, 1.807) is 0 Å². The lowest BCUT2D eigenvalue weighted by atomic mass is 10.1. The van der Waals surface area contributed by atoms with Crippen LogP contribution in [0.4, 0.5) is 0 Å². The molecule has 1 aliphatic rings. The first-order valence-corrected chi connectivity index (χ1v) is 10.2. The molecule has 110 valence electrons. The second-order valence-electron chi connectivity index (χ2n) is 6.88. The third-order valence-electron chi connectivity index (χ3n) is 4.13. The fourth-order valence-corrected chi connectivity index (χ4v) is 3.38. The highest BCUT2D eigenvalue weighted by Crippen LogP contribution is 2.38. The molecule has 1 heterocycles. The fourth-order valence-electron chi connectivity index (χ4n) is 1.91. The van der Waals surface area contributed by atoms with Gasteiger partial charge >= 0.3 is 0 Å². The number of rotatable bonds is 5. The highest BCUT2D eigenvalue weighted by Gasteiger charge is 2.43. The Balaban J connectivity index is 2.75. The van der Waals surface area contributed by atoms with Gasteiger partial charge in [-0.15, -0.1) is 11.6 Å². The molecule has 0 unspecified atom stereocenters.